The zero-order chi connectivity index (χ0) is 11.7. The van der Waals surface area contributed by atoms with Crippen molar-refractivity contribution in [2.45, 2.75) is 40.4 Å². The van der Waals surface area contributed by atoms with Crippen molar-refractivity contribution in [3.8, 4) is 0 Å². The maximum Gasteiger partial charge on any atom is 0.310 e. The van der Waals surface area contributed by atoms with Crippen LogP contribution in [-0.2, 0) is 19.0 Å². The SMILES string of the molecule is CCOC(CC(=O)OCC(C)C)OCC. The average Bonchev–Trinajstić information content (AvgIpc) is 2.15. The number of hydrogen-bond acceptors (Lipinski definition) is 4. The van der Waals surface area contributed by atoms with Crippen molar-refractivity contribution in [1.82, 2.24) is 0 Å². The predicted molar refractivity (Wildman–Crippen MR) is 57.5 cm³/mol. The maximum absolute atomic E-state index is 11.3. The van der Waals surface area contributed by atoms with Gasteiger partial charge in [-0.3, -0.25) is 4.79 Å². The Kier molecular flexibility index (Phi) is 8.33. The van der Waals surface area contributed by atoms with Crippen molar-refractivity contribution in [3.63, 3.8) is 0 Å². The first-order valence-corrected chi connectivity index (χ1v) is 5.48. The summed E-state index contributed by atoms with van der Waals surface area (Å²) in [5.41, 5.74) is 0. The summed E-state index contributed by atoms with van der Waals surface area (Å²) in [5, 5.41) is 0. The molecule has 0 rings (SSSR count). The summed E-state index contributed by atoms with van der Waals surface area (Å²) in [7, 11) is 0. The summed E-state index contributed by atoms with van der Waals surface area (Å²) in [6.45, 7) is 9.23. The monoisotopic (exact) mass is 218 g/mol. The van der Waals surface area contributed by atoms with Crippen LogP contribution in [0.25, 0.3) is 0 Å². The summed E-state index contributed by atoms with van der Waals surface area (Å²) in [6, 6.07) is 0. The minimum atomic E-state index is -0.473. The summed E-state index contributed by atoms with van der Waals surface area (Å²) in [6.07, 6.45) is -0.311. The van der Waals surface area contributed by atoms with Gasteiger partial charge in [-0.15, -0.1) is 0 Å². The molecule has 0 radical (unpaired) electrons. The summed E-state index contributed by atoms with van der Waals surface area (Å²) in [4.78, 5) is 11.3. The van der Waals surface area contributed by atoms with E-state index < -0.39 is 6.29 Å². The minimum Gasteiger partial charge on any atom is -0.465 e. The highest BCUT2D eigenvalue weighted by molar-refractivity contribution is 5.69. The molecule has 0 aromatic carbocycles. The van der Waals surface area contributed by atoms with E-state index in [0.29, 0.717) is 25.7 Å². The third-order valence-corrected chi connectivity index (χ3v) is 1.62. The quantitative estimate of drug-likeness (QED) is 0.461. The van der Waals surface area contributed by atoms with E-state index in [-0.39, 0.29) is 12.4 Å². The lowest BCUT2D eigenvalue weighted by molar-refractivity contribution is -0.169. The Morgan fingerprint density at radius 2 is 1.67 bits per heavy atom. The molecule has 0 amide bonds. The first-order chi connectivity index (χ1) is 7.10. The molecule has 0 atom stereocenters. The second-order valence-electron chi connectivity index (χ2n) is 3.62. The molecule has 0 saturated carbocycles. The van der Waals surface area contributed by atoms with Crippen LogP contribution in [-0.4, -0.2) is 32.1 Å². The van der Waals surface area contributed by atoms with Gasteiger partial charge in [0.05, 0.1) is 13.0 Å². The lowest BCUT2D eigenvalue weighted by Gasteiger charge is -2.16. The molecule has 0 fully saturated rings. The van der Waals surface area contributed by atoms with E-state index in [0.717, 1.165) is 0 Å². The number of rotatable bonds is 8. The molecule has 0 aliphatic rings. The van der Waals surface area contributed by atoms with Crippen LogP contribution in [0, 0.1) is 5.92 Å². The first-order valence-electron chi connectivity index (χ1n) is 5.48. The van der Waals surface area contributed by atoms with Crippen molar-refractivity contribution in [1.29, 1.82) is 0 Å². The van der Waals surface area contributed by atoms with E-state index in [4.69, 9.17) is 14.2 Å². The first kappa shape index (κ1) is 14.4. The van der Waals surface area contributed by atoms with Gasteiger partial charge in [-0.05, 0) is 19.8 Å². The smallest absolute Gasteiger partial charge is 0.310 e. The van der Waals surface area contributed by atoms with E-state index in [1.807, 2.05) is 27.7 Å². The van der Waals surface area contributed by atoms with E-state index in [1.54, 1.807) is 0 Å². The highest BCUT2D eigenvalue weighted by Gasteiger charge is 2.15. The fourth-order valence-electron chi connectivity index (χ4n) is 0.992. The Labute approximate surface area is 91.9 Å². The van der Waals surface area contributed by atoms with Crippen LogP contribution in [0.3, 0.4) is 0 Å². The van der Waals surface area contributed by atoms with Gasteiger partial charge >= 0.3 is 5.97 Å². The fraction of sp³-hybridized carbons (Fsp3) is 0.909. The average molecular weight is 218 g/mol. The lowest BCUT2D eigenvalue weighted by Crippen LogP contribution is -2.23. The number of carbonyl (C=O) groups excluding carboxylic acids is 1. The molecule has 0 aromatic rings. The summed E-state index contributed by atoms with van der Waals surface area (Å²) in [5.74, 6) is 0.0854. The van der Waals surface area contributed by atoms with Gasteiger partial charge in [0, 0.05) is 13.2 Å². The van der Waals surface area contributed by atoms with Crippen molar-refractivity contribution >= 4 is 5.97 Å². The predicted octanol–water partition coefficient (Wildman–Crippen LogP) is 1.97. The second kappa shape index (κ2) is 8.68. The van der Waals surface area contributed by atoms with Crippen LogP contribution < -0.4 is 0 Å². The number of hydrogen-bond donors (Lipinski definition) is 0. The van der Waals surface area contributed by atoms with Gasteiger partial charge < -0.3 is 14.2 Å². The Hall–Kier alpha value is -0.610. The van der Waals surface area contributed by atoms with Crippen LogP contribution in [0.2, 0.25) is 0 Å². The van der Waals surface area contributed by atoms with Crippen LogP contribution in [0.5, 0.6) is 0 Å². The van der Waals surface area contributed by atoms with Gasteiger partial charge in [0.25, 0.3) is 0 Å². The summed E-state index contributed by atoms with van der Waals surface area (Å²) >= 11 is 0. The molecule has 0 N–H and O–H groups in total. The Morgan fingerprint density at radius 1 is 1.13 bits per heavy atom. The summed E-state index contributed by atoms with van der Waals surface area (Å²) < 4.78 is 15.5. The number of carbonyl (C=O) groups is 1. The van der Waals surface area contributed by atoms with Crippen molar-refractivity contribution in [3.05, 3.63) is 0 Å². The van der Waals surface area contributed by atoms with Crippen LogP contribution >= 0.6 is 0 Å². The van der Waals surface area contributed by atoms with E-state index in [9.17, 15) is 4.79 Å². The molecular formula is C11H22O4. The van der Waals surface area contributed by atoms with Gasteiger partial charge in [-0.1, -0.05) is 13.8 Å². The molecule has 4 heteroatoms. The molecule has 0 aliphatic heterocycles. The maximum atomic E-state index is 11.3. The number of ether oxygens (including phenoxy) is 3. The van der Waals surface area contributed by atoms with Crippen molar-refractivity contribution in [2.75, 3.05) is 19.8 Å². The van der Waals surface area contributed by atoms with E-state index in [2.05, 4.69) is 0 Å². The van der Waals surface area contributed by atoms with E-state index in [1.165, 1.54) is 0 Å². The minimum absolute atomic E-state index is 0.161. The van der Waals surface area contributed by atoms with Gasteiger partial charge in [0.2, 0.25) is 0 Å². The molecule has 15 heavy (non-hydrogen) atoms. The molecule has 0 bridgehead atoms. The molecule has 0 heterocycles. The van der Waals surface area contributed by atoms with Gasteiger partial charge in [0.1, 0.15) is 0 Å². The van der Waals surface area contributed by atoms with Crippen molar-refractivity contribution in [2.24, 2.45) is 5.92 Å². The van der Waals surface area contributed by atoms with Gasteiger partial charge in [-0.25, -0.2) is 0 Å². The Morgan fingerprint density at radius 3 is 2.07 bits per heavy atom. The zero-order valence-electron chi connectivity index (χ0n) is 10.1. The highest BCUT2D eigenvalue weighted by Crippen LogP contribution is 2.04. The molecular weight excluding hydrogens is 196 g/mol. The molecule has 0 spiro atoms. The highest BCUT2D eigenvalue weighted by atomic mass is 16.7. The third kappa shape index (κ3) is 8.39. The Bertz CT molecular complexity index is 162. The van der Waals surface area contributed by atoms with Crippen LogP contribution in [0.4, 0.5) is 0 Å². The molecule has 0 aromatic heterocycles. The van der Waals surface area contributed by atoms with Crippen molar-refractivity contribution < 1.29 is 19.0 Å². The van der Waals surface area contributed by atoms with Gasteiger partial charge in [-0.2, -0.15) is 0 Å². The third-order valence-electron chi connectivity index (χ3n) is 1.62. The molecule has 0 aliphatic carbocycles. The normalized spacial score (nSPS) is 11.1. The standard InChI is InChI=1S/C11H22O4/c1-5-13-11(14-6-2)7-10(12)15-8-9(3)4/h9,11H,5-8H2,1-4H3. The molecule has 90 valence electrons. The lowest BCUT2D eigenvalue weighted by atomic mass is 10.2. The van der Waals surface area contributed by atoms with Gasteiger partial charge in [0.15, 0.2) is 6.29 Å². The largest absolute Gasteiger partial charge is 0.465 e. The van der Waals surface area contributed by atoms with Crippen LogP contribution in [0.15, 0.2) is 0 Å². The fourth-order valence-corrected chi connectivity index (χ4v) is 0.992. The molecule has 4 nitrogen and oxygen atoms in total. The van der Waals surface area contributed by atoms with Crippen LogP contribution in [0.1, 0.15) is 34.1 Å². The topological polar surface area (TPSA) is 44.8 Å². The Balaban J connectivity index is 3.77. The molecule has 0 unspecified atom stereocenters. The zero-order valence-corrected chi connectivity index (χ0v) is 10.1. The second-order valence-corrected chi connectivity index (χ2v) is 3.62. The van der Waals surface area contributed by atoms with E-state index >= 15 is 0 Å². The number of esters is 1. The molecule has 0 saturated heterocycles.